The summed E-state index contributed by atoms with van der Waals surface area (Å²) in [4.78, 5) is 0. The van der Waals surface area contributed by atoms with E-state index in [0.717, 1.165) is 35.1 Å². The SMILES string of the molecule is CC1CC(C)c2cc(CC(Cc3ccc4c(c3)C(C)CC4C)(C(F)(F)F)C(F)(F)F)ccc21. The molecule has 4 rings (SSSR count). The molecule has 0 N–H and O–H groups in total. The van der Waals surface area contributed by atoms with Gasteiger partial charge in [-0.25, -0.2) is 0 Å². The van der Waals surface area contributed by atoms with Crippen molar-refractivity contribution in [1.82, 2.24) is 0 Å². The smallest absolute Gasteiger partial charge is 0.170 e. The Hall–Kier alpha value is -1.98. The fourth-order valence-corrected chi connectivity index (χ4v) is 6.11. The Bertz CT molecular complexity index is 948. The van der Waals surface area contributed by atoms with Crippen molar-refractivity contribution in [2.75, 3.05) is 0 Å². The molecule has 0 bridgehead atoms. The van der Waals surface area contributed by atoms with E-state index in [0.29, 0.717) is 0 Å². The molecule has 0 saturated heterocycles. The highest BCUT2D eigenvalue weighted by atomic mass is 19.4. The van der Waals surface area contributed by atoms with Crippen molar-refractivity contribution in [3.05, 3.63) is 69.8 Å². The van der Waals surface area contributed by atoms with Gasteiger partial charge in [0.05, 0.1) is 0 Å². The lowest BCUT2D eigenvalue weighted by Gasteiger charge is -2.38. The van der Waals surface area contributed by atoms with Crippen LogP contribution in [0.2, 0.25) is 0 Å². The number of rotatable bonds is 4. The molecule has 33 heavy (non-hydrogen) atoms. The van der Waals surface area contributed by atoms with Crippen molar-refractivity contribution in [3.8, 4) is 0 Å². The first-order chi connectivity index (χ1) is 15.2. The molecule has 0 aliphatic heterocycles. The molecule has 2 aliphatic carbocycles. The predicted octanol–water partition coefficient (Wildman–Crippen LogP) is 8.80. The number of hydrogen-bond acceptors (Lipinski definition) is 0. The van der Waals surface area contributed by atoms with Gasteiger partial charge in [-0.05, 0) is 82.7 Å². The van der Waals surface area contributed by atoms with E-state index in [2.05, 4.69) is 0 Å². The predicted molar refractivity (Wildman–Crippen MR) is 118 cm³/mol. The average Bonchev–Trinajstić information content (AvgIpc) is 3.14. The third-order valence-electron chi connectivity index (χ3n) is 7.94. The van der Waals surface area contributed by atoms with Gasteiger partial charge >= 0.3 is 12.4 Å². The minimum Gasteiger partial charge on any atom is -0.170 e. The van der Waals surface area contributed by atoms with Crippen LogP contribution in [0.25, 0.3) is 0 Å². The van der Waals surface area contributed by atoms with Gasteiger partial charge < -0.3 is 0 Å². The second-order valence-corrected chi connectivity index (χ2v) is 10.4. The van der Waals surface area contributed by atoms with E-state index in [-0.39, 0.29) is 34.8 Å². The summed E-state index contributed by atoms with van der Waals surface area (Å²) in [6, 6.07) is 9.48. The third-order valence-corrected chi connectivity index (χ3v) is 7.94. The Morgan fingerprint density at radius 3 is 1.24 bits per heavy atom. The summed E-state index contributed by atoms with van der Waals surface area (Å²) < 4.78 is 86.1. The number of alkyl halides is 6. The fraction of sp³-hybridized carbons (Fsp3) is 0.556. The van der Waals surface area contributed by atoms with Crippen molar-refractivity contribution < 1.29 is 26.3 Å². The molecule has 4 unspecified atom stereocenters. The van der Waals surface area contributed by atoms with Crippen molar-refractivity contribution in [3.63, 3.8) is 0 Å². The van der Waals surface area contributed by atoms with Gasteiger partial charge in [-0.15, -0.1) is 0 Å². The Labute approximate surface area is 191 Å². The van der Waals surface area contributed by atoms with Gasteiger partial charge in [0.25, 0.3) is 0 Å². The Morgan fingerprint density at radius 1 is 0.576 bits per heavy atom. The van der Waals surface area contributed by atoms with Crippen LogP contribution >= 0.6 is 0 Å². The molecule has 0 spiro atoms. The molecular formula is C27H30F6. The molecule has 2 aromatic rings. The van der Waals surface area contributed by atoms with Crippen LogP contribution in [0.4, 0.5) is 26.3 Å². The lowest BCUT2D eigenvalue weighted by atomic mass is 9.74. The van der Waals surface area contributed by atoms with Gasteiger partial charge in [0.1, 0.15) is 0 Å². The zero-order valence-electron chi connectivity index (χ0n) is 19.4. The molecule has 2 aliphatic rings. The van der Waals surface area contributed by atoms with Crippen molar-refractivity contribution in [2.45, 2.75) is 89.4 Å². The van der Waals surface area contributed by atoms with Crippen molar-refractivity contribution in [1.29, 1.82) is 0 Å². The molecular weight excluding hydrogens is 438 g/mol. The standard InChI is InChI=1S/C27H30F6/c1-15-9-17(3)23-11-19(5-7-21(15)23)13-25(26(28,29)30,27(31,32)33)14-20-6-8-22-16(2)10-18(4)24(22)12-20/h5-8,11-12,15-18H,9-10,13-14H2,1-4H3. The van der Waals surface area contributed by atoms with E-state index >= 15 is 0 Å². The van der Waals surface area contributed by atoms with Crippen LogP contribution in [0.5, 0.6) is 0 Å². The normalized spacial score (nSPS) is 25.3. The van der Waals surface area contributed by atoms with Crippen LogP contribution in [0.3, 0.4) is 0 Å². The third kappa shape index (κ3) is 4.08. The van der Waals surface area contributed by atoms with Crippen molar-refractivity contribution >= 4 is 0 Å². The maximum atomic E-state index is 14.3. The van der Waals surface area contributed by atoms with Crippen LogP contribution in [-0.4, -0.2) is 12.4 Å². The zero-order chi connectivity index (χ0) is 24.3. The molecule has 0 fully saturated rings. The summed E-state index contributed by atoms with van der Waals surface area (Å²) >= 11 is 0. The highest BCUT2D eigenvalue weighted by Crippen LogP contribution is 2.55. The number of halogens is 6. The summed E-state index contributed by atoms with van der Waals surface area (Å²) in [7, 11) is 0. The lowest BCUT2D eigenvalue weighted by molar-refractivity contribution is -0.340. The minimum atomic E-state index is -5.44. The topological polar surface area (TPSA) is 0 Å². The van der Waals surface area contributed by atoms with Gasteiger partial charge in [0, 0.05) is 0 Å². The maximum absolute atomic E-state index is 14.3. The molecule has 0 aromatic heterocycles. The maximum Gasteiger partial charge on any atom is 0.403 e. The van der Waals surface area contributed by atoms with Gasteiger partial charge in [0.2, 0.25) is 0 Å². The van der Waals surface area contributed by atoms with E-state index in [4.69, 9.17) is 0 Å². The van der Waals surface area contributed by atoms with Gasteiger partial charge in [-0.1, -0.05) is 64.1 Å². The first kappa shape index (κ1) is 24.2. The molecule has 2 aromatic carbocycles. The number of benzene rings is 2. The largest absolute Gasteiger partial charge is 0.403 e. The molecule has 0 heterocycles. The summed E-state index contributed by atoms with van der Waals surface area (Å²) in [5, 5.41) is 0. The summed E-state index contributed by atoms with van der Waals surface area (Å²) in [5.41, 5.74) is 0.135. The zero-order valence-corrected chi connectivity index (χ0v) is 19.4. The second-order valence-electron chi connectivity index (χ2n) is 10.4. The minimum absolute atomic E-state index is 0.0903. The second kappa shape index (κ2) is 8.06. The number of hydrogen-bond donors (Lipinski definition) is 0. The highest BCUT2D eigenvalue weighted by Gasteiger charge is 2.70. The summed E-state index contributed by atoms with van der Waals surface area (Å²) in [6.45, 7) is 8.01. The Balaban J connectivity index is 1.76. The summed E-state index contributed by atoms with van der Waals surface area (Å²) in [6.07, 6.45) is -11.4. The van der Waals surface area contributed by atoms with E-state index in [1.165, 1.54) is 12.1 Å². The molecule has 0 radical (unpaired) electrons. The Morgan fingerprint density at radius 2 is 0.909 bits per heavy atom. The molecule has 4 atom stereocenters. The fourth-order valence-electron chi connectivity index (χ4n) is 6.11. The molecule has 6 heteroatoms. The first-order valence-electron chi connectivity index (χ1n) is 11.6. The molecule has 0 nitrogen and oxygen atoms in total. The van der Waals surface area contributed by atoms with E-state index in [9.17, 15) is 26.3 Å². The van der Waals surface area contributed by atoms with Gasteiger partial charge in [-0.2, -0.15) is 26.3 Å². The Kier molecular flexibility index (Phi) is 5.90. The molecule has 0 saturated carbocycles. The van der Waals surface area contributed by atoms with E-state index < -0.39 is 30.6 Å². The van der Waals surface area contributed by atoms with Gasteiger partial charge in [-0.3, -0.25) is 0 Å². The summed E-state index contributed by atoms with van der Waals surface area (Å²) in [5.74, 6) is 0.771. The van der Waals surface area contributed by atoms with Gasteiger partial charge in [0.15, 0.2) is 5.41 Å². The monoisotopic (exact) mass is 468 g/mol. The van der Waals surface area contributed by atoms with Crippen LogP contribution in [0.1, 0.15) is 97.6 Å². The van der Waals surface area contributed by atoms with Crippen molar-refractivity contribution in [2.24, 2.45) is 5.41 Å². The molecule has 0 amide bonds. The quantitative estimate of drug-likeness (QED) is 0.393. The van der Waals surface area contributed by atoms with Crippen LogP contribution in [0.15, 0.2) is 36.4 Å². The first-order valence-corrected chi connectivity index (χ1v) is 11.6. The van der Waals surface area contributed by atoms with E-state index in [1.54, 1.807) is 24.3 Å². The van der Waals surface area contributed by atoms with Crippen LogP contribution < -0.4 is 0 Å². The van der Waals surface area contributed by atoms with Crippen LogP contribution in [0, 0.1) is 5.41 Å². The highest BCUT2D eigenvalue weighted by molar-refractivity contribution is 5.43. The van der Waals surface area contributed by atoms with Crippen LogP contribution in [-0.2, 0) is 12.8 Å². The average molecular weight is 469 g/mol. The lowest BCUT2D eigenvalue weighted by Crippen LogP contribution is -2.53. The van der Waals surface area contributed by atoms with E-state index in [1.807, 2.05) is 27.7 Å². The number of fused-ring (bicyclic) bond motifs is 2. The molecule has 180 valence electrons.